The molecule has 0 fully saturated rings. The summed E-state index contributed by atoms with van der Waals surface area (Å²) < 4.78 is 14.0. The van der Waals surface area contributed by atoms with Crippen molar-refractivity contribution < 1.29 is 9.47 Å². The first kappa shape index (κ1) is 22.9. The lowest BCUT2D eigenvalue weighted by molar-refractivity contribution is 0.411. The van der Waals surface area contributed by atoms with Crippen LogP contribution in [0.4, 0.5) is 0 Å². The molecular weight excluding hydrogens is 626 g/mol. The van der Waals surface area contributed by atoms with E-state index >= 15 is 0 Å². The highest BCUT2D eigenvalue weighted by atomic mass is 79.9. The van der Waals surface area contributed by atoms with Crippen molar-refractivity contribution in [3.8, 4) is 11.5 Å². The summed E-state index contributed by atoms with van der Waals surface area (Å²) in [5.41, 5.74) is 6.57. The molecule has 0 atom stereocenters. The Hall–Kier alpha value is -1.43. The van der Waals surface area contributed by atoms with Gasteiger partial charge in [-0.1, -0.05) is 31.9 Å². The van der Waals surface area contributed by atoms with E-state index in [1.807, 2.05) is 24.3 Å². The molecule has 0 aliphatic rings. The second-order valence-electron chi connectivity index (χ2n) is 5.14. The van der Waals surface area contributed by atoms with Gasteiger partial charge in [-0.15, -0.1) is 0 Å². The third-order valence-corrected chi connectivity index (χ3v) is 5.34. The molecule has 2 rings (SSSR count). The van der Waals surface area contributed by atoms with Gasteiger partial charge in [-0.2, -0.15) is 10.2 Å². The molecular formula is C17H15Br4N5O2. The summed E-state index contributed by atoms with van der Waals surface area (Å²) in [7, 11) is 3.15. The van der Waals surface area contributed by atoms with Crippen molar-refractivity contribution in [3.05, 3.63) is 53.3 Å². The Labute approximate surface area is 196 Å². The minimum absolute atomic E-state index is 0.103. The summed E-state index contributed by atoms with van der Waals surface area (Å²) in [6.07, 6.45) is 3.09. The Kier molecular flexibility index (Phi) is 8.93. The number of nitrogens with one attached hydrogen (secondary N) is 3. The standard InChI is InChI=1S/C17H15Br4N5O2/c1-27-15-9(3-11(18)5-13(15)20)7-23-25-17(22)26-24-8-10-4-12(19)6-14(21)16(10)28-2/h3-8H,1-2H3,(H3,22,25,26)/b23-7+,24-8+. The van der Waals surface area contributed by atoms with E-state index in [1.54, 1.807) is 26.6 Å². The molecule has 2 aromatic carbocycles. The summed E-state index contributed by atoms with van der Waals surface area (Å²) in [5, 5.41) is 15.9. The van der Waals surface area contributed by atoms with Gasteiger partial charge in [-0.25, -0.2) is 10.9 Å². The van der Waals surface area contributed by atoms with E-state index < -0.39 is 0 Å². The maximum absolute atomic E-state index is 7.84. The average Bonchev–Trinajstić information content (AvgIpc) is 2.61. The van der Waals surface area contributed by atoms with E-state index in [-0.39, 0.29) is 5.96 Å². The van der Waals surface area contributed by atoms with Crippen LogP contribution in [0.3, 0.4) is 0 Å². The fraction of sp³-hybridized carbons (Fsp3) is 0.118. The van der Waals surface area contributed by atoms with Crippen LogP contribution in [0.25, 0.3) is 0 Å². The number of guanidine groups is 1. The highest BCUT2D eigenvalue weighted by Gasteiger charge is 2.08. The van der Waals surface area contributed by atoms with Crippen LogP contribution in [-0.4, -0.2) is 32.6 Å². The number of benzene rings is 2. The Bertz CT molecular complexity index is 861. The molecule has 0 bridgehead atoms. The minimum atomic E-state index is -0.103. The first-order chi connectivity index (χ1) is 13.3. The number of ether oxygens (including phenoxy) is 2. The Balaban J connectivity index is 2.01. The van der Waals surface area contributed by atoms with E-state index in [9.17, 15) is 0 Å². The van der Waals surface area contributed by atoms with Crippen molar-refractivity contribution in [2.24, 2.45) is 10.2 Å². The topological polar surface area (TPSA) is 91.1 Å². The maximum atomic E-state index is 7.84. The fourth-order valence-corrected chi connectivity index (χ4v) is 4.98. The molecule has 7 nitrogen and oxygen atoms in total. The molecule has 0 amide bonds. The molecule has 28 heavy (non-hydrogen) atoms. The third kappa shape index (κ3) is 6.29. The first-order valence-corrected chi connectivity index (χ1v) is 10.8. The SMILES string of the molecule is COc1c(Br)cc(Br)cc1/C=N/NC(=N)N/N=C/c1cc(Br)cc(Br)c1OC. The second kappa shape index (κ2) is 10.9. The molecule has 0 unspecified atom stereocenters. The van der Waals surface area contributed by atoms with Gasteiger partial charge in [-0.05, 0) is 56.1 Å². The Morgan fingerprint density at radius 2 is 1.21 bits per heavy atom. The molecule has 0 saturated heterocycles. The Morgan fingerprint density at radius 1 is 0.821 bits per heavy atom. The smallest absolute Gasteiger partial charge is 0.230 e. The predicted octanol–water partition coefficient (Wildman–Crippen LogP) is 5.24. The van der Waals surface area contributed by atoms with Crippen LogP contribution >= 0.6 is 63.7 Å². The van der Waals surface area contributed by atoms with Crippen molar-refractivity contribution >= 4 is 82.1 Å². The highest BCUT2D eigenvalue weighted by molar-refractivity contribution is 9.11. The molecule has 3 N–H and O–H groups in total. The number of methoxy groups -OCH3 is 2. The van der Waals surface area contributed by atoms with Gasteiger partial charge < -0.3 is 9.47 Å². The molecule has 0 aliphatic heterocycles. The molecule has 0 radical (unpaired) electrons. The summed E-state index contributed by atoms with van der Waals surface area (Å²) in [6, 6.07) is 7.44. The molecule has 0 saturated carbocycles. The van der Waals surface area contributed by atoms with E-state index in [0.29, 0.717) is 11.5 Å². The van der Waals surface area contributed by atoms with Gasteiger partial charge in [0.25, 0.3) is 0 Å². The minimum Gasteiger partial charge on any atom is -0.495 e. The molecule has 148 valence electrons. The zero-order chi connectivity index (χ0) is 20.7. The quantitative estimate of drug-likeness (QED) is 0.229. The van der Waals surface area contributed by atoms with Crippen LogP contribution in [0.1, 0.15) is 11.1 Å². The Morgan fingerprint density at radius 3 is 1.57 bits per heavy atom. The lowest BCUT2D eigenvalue weighted by Crippen LogP contribution is -2.29. The number of nitrogens with zero attached hydrogens (tertiary/aromatic N) is 2. The summed E-state index contributed by atoms with van der Waals surface area (Å²) in [4.78, 5) is 0. The molecule has 0 aliphatic carbocycles. The van der Waals surface area contributed by atoms with Crippen LogP contribution in [0.2, 0.25) is 0 Å². The normalized spacial score (nSPS) is 11.1. The van der Waals surface area contributed by atoms with Crippen LogP contribution in [0.5, 0.6) is 11.5 Å². The monoisotopic (exact) mass is 637 g/mol. The van der Waals surface area contributed by atoms with Gasteiger partial charge in [0.1, 0.15) is 11.5 Å². The van der Waals surface area contributed by atoms with Gasteiger partial charge in [0.2, 0.25) is 5.96 Å². The van der Waals surface area contributed by atoms with Crippen LogP contribution in [0.15, 0.2) is 52.4 Å². The van der Waals surface area contributed by atoms with E-state index in [4.69, 9.17) is 14.9 Å². The molecule has 0 heterocycles. The number of halogens is 4. The van der Waals surface area contributed by atoms with Crippen LogP contribution in [-0.2, 0) is 0 Å². The van der Waals surface area contributed by atoms with Gasteiger partial charge in [0.15, 0.2) is 0 Å². The van der Waals surface area contributed by atoms with Crippen molar-refractivity contribution in [2.75, 3.05) is 14.2 Å². The number of hydrogen-bond acceptors (Lipinski definition) is 5. The zero-order valence-corrected chi connectivity index (χ0v) is 21.0. The lowest BCUT2D eigenvalue weighted by atomic mass is 10.2. The molecule has 0 aromatic heterocycles. The van der Waals surface area contributed by atoms with Crippen molar-refractivity contribution in [2.45, 2.75) is 0 Å². The largest absolute Gasteiger partial charge is 0.495 e. The zero-order valence-electron chi connectivity index (χ0n) is 14.7. The maximum Gasteiger partial charge on any atom is 0.230 e. The van der Waals surface area contributed by atoms with Gasteiger partial charge in [0, 0.05) is 20.1 Å². The molecule has 11 heteroatoms. The average molecular weight is 641 g/mol. The van der Waals surface area contributed by atoms with Crippen LogP contribution < -0.4 is 20.3 Å². The summed E-state index contributed by atoms with van der Waals surface area (Å²) >= 11 is 13.7. The first-order valence-electron chi connectivity index (χ1n) is 7.58. The molecule has 2 aromatic rings. The van der Waals surface area contributed by atoms with Gasteiger partial charge >= 0.3 is 0 Å². The fourth-order valence-electron chi connectivity index (χ4n) is 2.14. The lowest BCUT2D eigenvalue weighted by Gasteiger charge is -2.08. The van der Waals surface area contributed by atoms with E-state index in [2.05, 4.69) is 84.8 Å². The molecule has 0 spiro atoms. The van der Waals surface area contributed by atoms with E-state index in [1.165, 1.54) is 0 Å². The van der Waals surface area contributed by atoms with Crippen LogP contribution in [0, 0.1) is 5.41 Å². The van der Waals surface area contributed by atoms with Gasteiger partial charge in [0.05, 0.1) is 35.6 Å². The van der Waals surface area contributed by atoms with Crippen molar-refractivity contribution in [3.63, 3.8) is 0 Å². The number of hydrazone groups is 2. The van der Waals surface area contributed by atoms with Crippen molar-refractivity contribution in [1.29, 1.82) is 5.41 Å². The van der Waals surface area contributed by atoms with Crippen molar-refractivity contribution in [1.82, 2.24) is 10.9 Å². The van der Waals surface area contributed by atoms with Gasteiger partial charge in [-0.3, -0.25) is 5.41 Å². The number of rotatable bonds is 6. The van der Waals surface area contributed by atoms with E-state index in [0.717, 1.165) is 29.0 Å². The summed E-state index contributed by atoms with van der Waals surface area (Å²) in [6.45, 7) is 0. The third-order valence-electron chi connectivity index (χ3n) is 3.24. The summed E-state index contributed by atoms with van der Waals surface area (Å²) in [5.74, 6) is 1.17. The predicted molar refractivity (Wildman–Crippen MR) is 126 cm³/mol. The number of hydrogen-bond donors (Lipinski definition) is 3. The highest BCUT2D eigenvalue weighted by Crippen LogP contribution is 2.32. The second-order valence-corrected chi connectivity index (χ2v) is 8.68.